The third-order valence-electron chi connectivity index (χ3n) is 4.82. The predicted octanol–water partition coefficient (Wildman–Crippen LogP) is 2.56. The molecule has 0 saturated carbocycles. The summed E-state index contributed by atoms with van der Waals surface area (Å²) in [6, 6.07) is 3.46. The average Bonchev–Trinajstić information content (AvgIpc) is 3.33. The van der Waals surface area contributed by atoms with Crippen molar-refractivity contribution in [3.8, 4) is 11.3 Å². The molecule has 168 valence electrons. The zero-order chi connectivity index (χ0) is 23.4. The van der Waals surface area contributed by atoms with E-state index in [4.69, 9.17) is 0 Å². The molecule has 4 aromatic rings. The zero-order valence-electron chi connectivity index (χ0n) is 17.1. The van der Waals surface area contributed by atoms with Gasteiger partial charge >= 0.3 is 6.18 Å². The Bertz CT molecular complexity index is 1470. The molecule has 0 aliphatic carbocycles. The maximum absolute atomic E-state index is 13.1. The van der Waals surface area contributed by atoms with Crippen molar-refractivity contribution in [2.45, 2.75) is 18.1 Å². The lowest BCUT2D eigenvalue weighted by atomic mass is 10.2. The van der Waals surface area contributed by atoms with Crippen LogP contribution >= 0.6 is 0 Å². The molecule has 0 saturated heterocycles. The van der Waals surface area contributed by atoms with Crippen LogP contribution in [0.25, 0.3) is 22.6 Å². The number of carbonyl (C=O) groups excluding carboxylic acids is 1. The highest BCUT2D eigenvalue weighted by molar-refractivity contribution is 7.91. The number of amides is 1. The molecule has 0 aromatic carbocycles. The third-order valence-corrected chi connectivity index (χ3v) is 6.46. The molecule has 0 aliphatic heterocycles. The number of imidazole rings is 1. The van der Waals surface area contributed by atoms with E-state index in [2.05, 4.69) is 15.1 Å². The molecule has 0 fully saturated rings. The van der Waals surface area contributed by atoms with Crippen molar-refractivity contribution in [3.63, 3.8) is 0 Å². The SMILES string of the molecule is CCS(=O)(=O)c1nn2c(C(=O)N(C)C)ccnc2c1-c1cn2cc(C(F)(F)F)ccc2n1. The van der Waals surface area contributed by atoms with Crippen LogP contribution in [-0.4, -0.2) is 63.1 Å². The van der Waals surface area contributed by atoms with Gasteiger partial charge in [-0.25, -0.2) is 22.9 Å². The smallest absolute Gasteiger partial charge is 0.343 e. The van der Waals surface area contributed by atoms with Gasteiger partial charge in [-0.2, -0.15) is 18.3 Å². The molecule has 1 amide bonds. The Kier molecular flexibility index (Phi) is 4.95. The first-order valence-electron chi connectivity index (χ1n) is 9.32. The number of carbonyl (C=O) groups is 1. The molecule has 13 heteroatoms. The Labute approximate surface area is 180 Å². The molecule has 0 aliphatic rings. The maximum Gasteiger partial charge on any atom is 0.417 e. The van der Waals surface area contributed by atoms with Gasteiger partial charge in [0, 0.05) is 32.7 Å². The largest absolute Gasteiger partial charge is 0.417 e. The van der Waals surface area contributed by atoms with Gasteiger partial charge in [-0.1, -0.05) is 6.92 Å². The number of halogens is 3. The molecular formula is C19H17F3N6O3S. The summed E-state index contributed by atoms with van der Waals surface area (Å²) < 4.78 is 67.1. The highest BCUT2D eigenvalue weighted by atomic mass is 32.2. The zero-order valence-corrected chi connectivity index (χ0v) is 17.9. The lowest BCUT2D eigenvalue weighted by Crippen LogP contribution is -2.24. The van der Waals surface area contributed by atoms with Gasteiger partial charge in [-0.15, -0.1) is 0 Å². The van der Waals surface area contributed by atoms with Crippen molar-refractivity contribution >= 4 is 27.0 Å². The second kappa shape index (κ2) is 7.29. The quantitative estimate of drug-likeness (QED) is 0.458. The van der Waals surface area contributed by atoms with Gasteiger partial charge in [0.2, 0.25) is 0 Å². The molecule has 0 spiro atoms. The number of fused-ring (bicyclic) bond motifs is 2. The van der Waals surface area contributed by atoms with E-state index < -0.39 is 27.5 Å². The number of nitrogens with zero attached hydrogens (tertiary/aromatic N) is 6. The van der Waals surface area contributed by atoms with Crippen LogP contribution in [0.3, 0.4) is 0 Å². The first-order valence-corrected chi connectivity index (χ1v) is 11.0. The summed E-state index contributed by atoms with van der Waals surface area (Å²) in [5, 5.41) is 3.80. The summed E-state index contributed by atoms with van der Waals surface area (Å²) in [5.74, 6) is -0.719. The van der Waals surface area contributed by atoms with Crippen molar-refractivity contribution < 1.29 is 26.4 Å². The van der Waals surface area contributed by atoms with Crippen LogP contribution in [0.1, 0.15) is 23.0 Å². The molecule has 0 radical (unpaired) electrons. The summed E-state index contributed by atoms with van der Waals surface area (Å²) >= 11 is 0. The van der Waals surface area contributed by atoms with Crippen molar-refractivity contribution in [3.05, 3.63) is 48.0 Å². The van der Waals surface area contributed by atoms with Gasteiger partial charge in [0.25, 0.3) is 5.91 Å². The van der Waals surface area contributed by atoms with Gasteiger partial charge in [-0.05, 0) is 18.2 Å². The predicted molar refractivity (Wildman–Crippen MR) is 108 cm³/mol. The number of hydrogen-bond acceptors (Lipinski definition) is 6. The minimum absolute atomic E-state index is 0.0116. The first kappa shape index (κ1) is 21.7. The van der Waals surface area contributed by atoms with E-state index in [0.29, 0.717) is 0 Å². The summed E-state index contributed by atoms with van der Waals surface area (Å²) in [4.78, 5) is 22.3. The molecule has 0 unspecified atom stereocenters. The number of sulfone groups is 1. The molecule has 9 nitrogen and oxygen atoms in total. The Balaban J connectivity index is 2.04. The van der Waals surface area contributed by atoms with Crippen molar-refractivity contribution in [2.24, 2.45) is 0 Å². The Morgan fingerprint density at radius 2 is 1.88 bits per heavy atom. The van der Waals surface area contributed by atoms with Crippen LogP contribution < -0.4 is 0 Å². The van der Waals surface area contributed by atoms with Crippen LogP contribution in [-0.2, 0) is 16.0 Å². The van der Waals surface area contributed by atoms with Gasteiger partial charge in [0.05, 0.1) is 22.6 Å². The van der Waals surface area contributed by atoms with Gasteiger partial charge in [0.15, 0.2) is 20.5 Å². The molecule has 0 atom stereocenters. The van der Waals surface area contributed by atoms with E-state index in [1.165, 1.54) is 50.4 Å². The molecule has 0 N–H and O–H groups in total. The molecule has 4 heterocycles. The fraction of sp³-hybridized carbons (Fsp3) is 0.263. The number of aromatic nitrogens is 5. The van der Waals surface area contributed by atoms with E-state index in [1.54, 1.807) is 0 Å². The second-order valence-electron chi connectivity index (χ2n) is 7.16. The molecule has 0 bridgehead atoms. The highest BCUT2D eigenvalue weighted by Gasteiger charge is 2.32. The van der Waals surface area contributed by atoms with Crippen molar-refractivity contribution in [1.82, 2.24) is 28.9 Å². The van der Waals surface area contributed by atoms with Gasteiger partial charge in [-0.3, -0.25) is 4.79 Å². The number of pyridine rings is 1. The molecule has 32 heavy (non-hydrogen) atoms. The van der Waals surface area contributed by atoms with Crippen LogP contribution in [0.15, 0.2) is 41.8 Å². The van der Waals surface area contributed by atoms with E-state index in [0.717, 1.165) is 21.2 Å². The normalized spacial score (nSPS) is 12.6. The Hall–Kier alpha value is -3.48. The Morgan fingerprint density at radius 1 is 1.16 bits per heavy atom. The highest BCUT2D eigenvalue weighted by Crippen LogP contribution is 2.33. The standard InChI is InChI=1S/C19H17F3N6O3S/c1-4-32(30,31)17-15(16-23-8-7-13(28(16)25-17)18(29)26(2)3)12-10-27-9-11(19(20,21)22)5-6-14(27)24-12/h5-10H,4H2,1-3H3. The van der Waals surface area contributed by atoms with Crippen LogP contribution in [0.2, 0.25) is 0 Å². The summed E-state index contributed by atoms with van der Waals surface area (Å²) in [6.07, 6.45) is -1.09. The number of alkyl halides is 3. The molecule has 4 rings (SSSR count). The molecule has 4 aromatic heterocycles. The fourth-order valence-corrected chi connectivity index (χ4v) is 4.16. The monoisotopic (exact) mass is 466 g/mol. The molecular weight excluding hydrogens is 449 g/mol. The van der Waals surface area contributed by atoms with E-state index in [9.17, 15) is 26.4 Å². The maximum atomic E-state index is 13.1. The van der Waals surface area contributed by atoms with Gasteiger partial charge in [0.1, 0.15) is 11.3 Å². The fourth-order valence-electron chi connectivity index (χ4n) is 3.18. The van der Waals surface area contributed by atoms with Gasteiger partial charge < -0.3 is 9.30 Å². The Morgan fingerprint density at radius 3 is 2.50 bits per heavy atom. The van der Waals surface area contributed by atoms with Crippen LogP contribution in [0, 0.1) is 0 Å². The van der Waals surface area contributed by atoms with E-state index >= 15 is 0 Å². The van der Waals surface area contributed by atoms with E-state index in [1.807, 2.05) is 0 Å². The minimum atomic E-state index is -4.55. The lowest BCUT2D eigenvalue weighted by Gasteiger charge is -2.10. The summed E-state index contributed by atoms with van der Waals surface area (Å²) in [7, 11) is -0.835. The first-order chi connectivity index (χ1) is 14.9. The lowest BCUT2D eigenvalue weighted by molar-refractivity contribution is -0.137. The average molecular weight is 466 g/mol. The van der Waals surface area contributed by atoms with Crippen molar-refractivity contribution in [2.75, 3.05) is 19.8 Å². The summed E-state index contributed by atoms with van der Waals surface area (Å²) in [5.41, 5.74) is -0.517. The summed E-state index contributed by atoms with van der Waals surface area (Å²) in [6.45, 7) is 1.43. The minimum Gasteiger partial charge on any atom is -0.343 e. The van der Waals surface area contributed by atoms with Crippen molar-refractivity contribution in [1.29, 1.82) is 0 Å². The number of rotatable bonds is 4. The number of hydrogen-bond donors (Lipinski definition) is 0. The second-order valence-corrected chi connectivity index (χ2v) is 9.35. The van der Waals surface area contributed by atoms with Crippen LogP contribution in [0.4, 0.5) is 13.2 Å². The van der Waals surface area contributed by atoms with E-state index in [-0.39, 0.29) is 39.0 Å². The van der Waals surface area contributed by atoms with Crippen LogP contribution in [0.5, 0.6) is 0 Å². The third kappa shape index (κ3) is 3.47. The topological polar surface area (TPSA) is 102 Å².